The van der Waals surface area contributed by atoms with Crippen LogP contribution in [0.3, 0.4) is 0 Å². The zero-order valence-corrected chi connectivity index (χ0v) is 13.7. The molecule has 0 aliphatic heterocycles. The van der Waals surface area contributed by atoms with Crippen molar-refractivity contribution in [1.82, 2.24) is 9.78 Å². The smallest absolute Gasteiger partial charge is 0.267 e. The second-order valence-electron chi connectivity index (χ2n) is 4.12. The maximum absolute atomic E-state index is 12.1. The molecule has 5 heteroatoms. The molecule has 98 valence electrons. The highest BCUT2D eigenvalue weighted by molar-refractivity contribution is 9.10. The van der Waals surface area contributed by atoms with Crippen molar-refractivity contribution in [2.75, 3.05) is 0 Å². The fraction of sp³-hybridized carbons (Fsp3) is 0.143. The number of aryl methyl sites for hydroxylation is 1. The van der Waals surface area contributed by atoms with E-state index in [1.165, 1.54) is 10.8 Å². The van der Waals surface area contributed by atoms with Crippen molar-refractivity contribution in [3.05, 3.63) is 56.2 Å². The lowest BCUT2D eigenvalue weighted by Gasteiger charge is -1.98. The largest absolute Gasteiger partial charge is 0.271 e. The second kappa shape index (κ2) is 5.84. The summed E-state index contributed by atoms with van der Waals surface area (Å²) >= 11 is 6.78. The Hall–Kier alpha value is -1.20. The number of nitrogens with zero attached hydrogens (tertiary/aromatic N) is 2. The van der Waals surface area contributed by atoms with Crippen molar-refractivity contribution < 1.29 is 4.79 Å². The molecule has 0 atom stereocenters. The Balaban J connectivity index is 2.21. The first-order chi connectivity index (χ1) is 8.99. The van der Waals surface area contributed by atoms with Crippen molar-refractivity contribution in [3.63, 3.8) is 0 Å². The molecule has 0 aliphatic rings. The van der Waals surface area contributed by atoms with Crippen LogP contribution in [0.25, 0.3) is 6.08 Å². The summed E-state index contributed by atoms with van der Waals surface area (Å²) in [5.74, 6) is -0.158. The van der Waals surface area contributed by atoms with Gasteiger partial charge in [-0.3, -0.25) is 4.79 Å². The third-order valence-electron chi connectivity index (χ3n) is 2.70. The van der Waals surface area contributed by atoms with E-state index in [2.05, 4.69) is 37.0 Å². The molecule has 0 saturated carbocycles. The Bertz CT molecular complexity index is 642. The SMILES string of the molecule is Cc1nn(C(=O)/C=C/c2ccc(Br)cc2)c(C)c1Br. The first kappa shape index (κ1) is 14.2. The van der Waals surface area contributed by atoms with Crippen molar-refractivity contribution in [1.29, 1.82) is 0 Å². The highest BCUT2D eigenvalue weighted by Gasteiger charge is 2.12. The van der Waals surface area contributed by atoms with Crippen LogP contribution in [0.2, 0.25) is 0 Å². The topological polar surface area (TPSA) is 34.9 Å². The number of aromatic nitrogens is 2. The minimum absolute atomic E-state index is 0.158. The van der Waals surface area contributed by atoms with Gasteiger partial charge in [0.1, 0.15) is 0 Å². The van der Waals surface area contributed by atoms with E-state index < -0.39 is 0 Å². The standard InChI is InChI=1S/C14H12Br2N2O/c1-9-14(16)10(2)18(17-9)13(19)8-5-11-3-6-12(15)7-4-11/h3-8H,1-2H3/b8-5+. The molecule has 0 aliphatic carbocycles. The van der Waals surface area contributed by atoms with E-state index in [9.17, 15) is 4.79 Å². The molecular weight excluding hydrogens is 372 g/mol. The summed E-state index contributed by atoms with van der Waals surface area (Å²) < 4.78 is 3.28. The van der Waals surface area contributed by atoms with Gasteiger partial charge in [0.2, 0.25) is 0 Å². The number of hydrogen-bond donors (Lipinski definition) is 0. The molecule has 0 spiro atoms. The Labute approximate surface area is 128 Å². The number of allylic oxidation sites excluding steroid dienone is 1. The summed E-state index contributed by atoms with van der Waals surface area (Å²) in [5.41, 5.74) is 2.59. The lowest BCUT2D eigenvalue weighted by Crippen LogP contribution is -2.10. The quantitative estimate of drug-likeness (QED) is 0.721. The van der Waals surface area contributed by atoms with Gasteiger partial charge < -0.3 is 0 Å². The lowest BCUT2D eigenvalue weighted by molar-refractivity contribution is 0.0952. The first-order valence-electron chi connectivity index (χ1n) is 5.68. The molecule has 0 amide bonds. The predicted molar refractivity (Wildman–Crippen MR) is 83.2 cm³/mol. The van der Waals surface area contributed by atoms with Crippen LogP contribution < -0.4 is 0 Å². The first-order valence-corrected chi connectivity index (χ1v) is 7.27. The minimum atomic E-state index is -0.158. The zero-order valence-electron chi connectivity index (χ0n) is 10.5. The Morgan fingerprint density at radius 1 is 1.21 bits per heavy atom. The highest BCUT2D eigenvalue weighted by atomic mass is 79.9. The van der Waals surface area contributed by atoms with Gasteiger partial charge in [-0.1, -0.05) is 28.1 Å². The van der Waals surface area contributed by atoms with E-state index in [0.717, 1.165) is 25.9 Å². The van der Waals surface area contributed by atoms with Crippen molar-refractivity contribution in [2.45, 2.75) is 13.8 Å². The van der Waals surface area contributed by atoms with Crippen LogP contribution in [0, 0.1) is 13.8 Å². The molecular formula is C14H12Br2N2O. The lowest BCUT2D eigenvalue weighted by atomic mass is 10.2. The van der Waals surface area contributed by atoms with Gasteiger partial charge in [0.05, 0.1) is 15.9 Å². The van der Waals surface area contributed by atoms with Gasteiger partial charge >= 0.3 is 0 Å². The molecule has 0 unspecified atom stereocenters. The molecule has 19 heavy (non-hydrogen) atoms. The number of halogens is 2. The van der Waals surface area contributed by atoms with Crippen LogP contribution >= 0.6 is 31.9 Å². The number of hydrogen-bond acceptors (Lipinski definition) is 2. The maximum Gasteiger partial charge on any atom is 0.271 e. The van der Waals surface area contributed by atoms with E-state index in [1.807, 2.05) is 38.1 Å². The van der Waals surface area contributed by atoms with Gasteiger partial charge in [0.15, 0.2) is 0 Å². The van der Waals surface area contributed by atoms with Crippen molar-refractivity contribution in [2.24, 2.45) is 0 Å². The minimum Gasteiger partial charge on any atom is -0.267 e. The van der Waals surface area contributed by atoms with Crippen LogP contribution in [0.5, 0.6) is 0 Å². The Kier molecular flexibility index (Phi) is 4.37. The Morgan fingerprint density at radius 3 is 2.37 bits per heavy atom. The van der Waals surface area contributed by atoms with Gasteiger partial charge in [-0.05, 0) is 53.5 Å². The fourth-order valence-corrected chi connectivity index (χ4v) is 2.16. The third-order valence-corrected chi connectivity index (χ3v) is 4.38. The fourth-order valence-electron chi connectivity index (χ4n) is 1.65. The molecule has 1 aromatic carbocycles. The molecule has 1 aromatic heterocycles. The molecule has 0 fully saturated rings. The molecule has 3 nitrogen and oxygen atoms in total. The molecule has 0 saturated heterocycles. The molecule has 0 N–H and O–H groups in total. The molecule has 1 heterocycles. The maximum atomic E-state index is 12.1. The molecule has 0 radical (unpaired) electrons. The summed E-state index contributed by atoms with van der Waals surface area (Å²) in [5, 5.41) is 4.20. The third kappa shape index (κ3) is 3.22. The number of rotatable bonds is 2. The summed E-state index contributed by atoms with van der Waals surface area (Å²) in [6.45, 7) is 3.72. The average molecular weight is 384 g/mol. The van der Waals surface area contributed by atoms with Crippen LogP contribution in [0.15, 0.2) is 39.3 Å². The van der Waals surface area contributed by atoms with Crippen molar-refractivity contribution >= 4 is 43.8 Å². The van der Waals surface area contributed by atoms with E-state index in [4.69, 9.17) is 0 Å². The predicted octanol–water partition coefficient (Wildman–Crippen LogP) is 4.38. The van der Waals surface area contributed by atoms with Gasteiger partial charge in [-0.15, -0.1) is 0 Å². The Morgan fingerprint density at radius 2 is 1.84 bits per heavy atom. The average Bonchev–Trinajstić information content (AvgIpc) is 2.65. The molecule has 0 bridgehead atoms. The zero-order chi connectivity index (χ0) is 14.0. The number of carbonyl (C=O) groups excluding carboxylic acids is 1. The van der Waals surface area contributed by atoms with Gasteiger partial charge in [-0.2, -0.15) is 5.10 Å². The van der Waals surface area contributed by atoms with Crippen LogP contribution in [-0.4, -0.2) is 15.7 Å². The summed E-state index contributed by atoms with van der Waals surface area (Å²) in [7, 11) is 0. The summed E-state index contributed by atoms with van der Waals surface area (Å²) in [6, 6.07) is 7.74. The van der Waals surface area contributed by atoms with E-state index in [1.54, 1.807) is 6.08 Å². The van der Waals surface area contributed by atoms with E-state index in [-0.39, 0.29) is 5.91 Å². The molecule has 2 aromatic rings. The van der Waals surface area contributed by atoms with Gasteiger partial charge in [-0.25, -0.2) is 4.68 Å². The van der Waals surface area contributed by atoms with Crippen LogP contribution in [0.4, 0.5) is 0 Å². The van der Waals surface area contributed by atoms with Crippen molar-refractivity contribution in [3.8, 4) is 0 Å². The monoisotopic (exact) mass is 382 g/mol. The number of benzene rings is 1. The van der Waals surface area contributed by atoms with Crippen LogP contribution in [-0.2, 0) is 0 Å². The normalized spacial score (nSPS) is 11.2. The van der Waals surface area contributed by atoms with Gasteiger partial charge in [0, 0.05) is 10.5 Å². The van der Waals surface area contributed by atoms with E-state index in [0.29, 0.717) is 0 Å². The van der Waals surface area contributed by atoms with Gasteiger partial charge in [0.25, 0.3) is 5.91 Å². The number of carbonyl (C=O) groups is 1. The van der Waals surface area contributed by atoms with E-state index >= 15 is 0 Å². The summed E-state index contributed by atoms with van der Waals surface area (Å²) in [4.78, 5) is 12.1. The summed E-state index contributed by atoms with van der Waals surface area (Å²) in [6.07, 6.45) is 3.30. The highest BCUT2D eigenvalue weighted by Crippen LogP contribution is 2.19. The molecule has 2 rings (SSSR count). The van der Waals surface area contributed by atoms with Crippen LogP contribution in [0.1, 0.15) is 21.7 Å². The second-order valence-corrected chi connectivity index (χ2v) is 5.83.